The molecule has 2 N–H and O–H groups in total. The van der Waals surface area contributed by atoms with Gasteiger partial charge in [-0.25, -0.2) is 0 Å². The highest BCUT2D eigenvalue weighted by Crippen LogP contribution is 2.29. The van der Waals surface area contributed by atoms with Gasteiger partial charge in [0, 0.05) is 24.7 Å². The molecule has 2 nitrogen and oxygen atoms in total. The number of rotatable bonds is 6. The van der Waals surface area contributed by atoms with Gasteiger partial charge in [-0.1, -0.05) is 37.3 Å². The Labute approximate surface area is 105 Å². The van der Waals surface area contributed by atoms with E-state index in [1.54, 1.807) is 0 Å². The molecule has 1 fully saturated rings. The van der Waals surface area contributed by atoms with Crippen LogP contribution in [-0.4, -0.2) is 23.0 Å². The Morgan fingerprint density at radius 2 is 1.94 bits per heavy atom. The Balaban J connectivity index is 1.98. The molecule has 1 aliphatic carbocycles. The predicted octanol–water partition coefficient (Wildman–Crippen LogP) is 2.78. The summed E-state index contributed by atoms with van der Waals surface area (Å²) in [4.78, 5) is 2.55. The van der Waals surface area contributed by atoms with Crippen LogP contribution in [0.25, 0.3) is 0 Å². The van der Waals surface area contributed by atoms with Crippen LogP contribution >= 0.6 is 0 Å². The van der Waals surface area contributed by atoms with Crippen LogP contribution in [0.2, 0.25) is 0 Å². The highest BCUT2D eigenvalue weighted by molar-refractivity contribution is 5.15. The van der Waals surface area contributed by atoms with Gasteiger partial charge in [-0.2, -0.15) is 0 Å². The van der Waals surface area contributed by atoms with Gasteiger partial charge in [0.15, 0.2) is 0 Å². The van der Waals surface area contributed by atoms with Crippen LogP contribution in [0.1, 0.15) is 38.7 Å². The smallest absolute Gasteiger partial charge is 0.0252 e. The molecular formula is C15H24N2. The maximum Gasteiger partial charge on any atom is 0.0252 e. The lowest BCUT2D eigenvalue weighted by atomic mass is 9.99. The average Bonchev–Trinajstić information content (AvgIpc) is 3.13. The Morgan fingerprint density at radius 3 is 2.47 bits per heavy atom. The van der Waals surface area contributed by atoms with Crippen molar-refractivity contribution in [3.05, 3.63) is 35.9 Å². The van der Waals surface area contributed by atoms with Gasteiger partial charge >= 0.3 is 0 Å². The van der Waals surface area contributed by atoms with E-state index < -0.39 is 0 Å². The summed E-state index contributed by atoms with van der Waals surface area (Å²) in [6.45, 7) is 6.38. The van der Waals surface area contributed by atoms with Crippen LogP contribution in [0.15, 0.2) is 30.3 Å². The van der Waals surface area contributed by atoms with Crippen molar-refractivity contribution in [2.75, 3.05) is 6.54 Å². The highest BCUT2D eigenvalue weighted by atomic mass is 15.2. The summed E-state index contributed by atoms with van der Waals surface area (Å²) in [5.41, 5.74) is 7.63. The second-order valence-electron chi connectivity index (χ2n) is 5.63. The molecule has 1 unspecified atom stereocenters. The lowest BCUT2D eigenvalue weighted by Gasteiger charge is -2.32. The fourth-order valence-corrected chi connectivity index (χ4v) is 2.15. The first kappa shape index (κ1) is 12.6. The maximum atomic E-state index is 6.29. The predicted molar refractivity (Wildman–Crippen MR) is 72.8 cm³/mol. The van der Waals surface area contributed by atoms with E-state index in [1.165, 1.54) is 18.4 Å². The number of nitrogens with two attached hydrogens (primary N) is 1. The minimum atomic E-state index is -0.0582. The largest absolute Gasteiger partial charge is 0.324 e. The molecule has 1 saturated carbocycles. The van der Waals surface area contributed by atoms with Crippen molar-refractivity contribution < 1.29 is 0 Å². The van der Waals surface area contributed by atoms with Crippen molar-refractivity contribution in [3.63, 3.8) is 0 Å². The van der Waals surface area contributed by atoms with Crippen molar-refractivity contribution in [2.45, 2.75) is 51.2 Å². The Hall–Kier alpha value is -0.860. The van der Waals surface area contributed by atoms with E-state index >= 15 is 0 Å². The summed E-state index contributed by atoms with van der Waals surface area (Å²) < 4.78 is 0. The van der Waals surface area contributed by atoms with Crippen molar-refractivity contribution >= 4 is 0 Å². The van der Waals surface area contributed by atoms with Gasteiger partial charge in [0.05, 0.1) is 0 Å². The Bertz CT molecular complexity index is 341. The number of benzene rings is 1. The summed E-state index contributed by atoms with van der Waals surface area (Å²) >= 11 is 0. The standard InChI is InChI=1S/C15H24N2/c1-3-15(2,16)12-17(14-9-10-14)11-13-7-5-4-6-8-13/h4-8,14H,3,9-12,16H2,1-2H3. The first-order valence-corrected chi connectivity index (χ1v) is 6.67. The van der Waals surface area contributed by atoms with Crippen LogP contribution in [0, 0.1) is 0 Å². The van der Waals surface area contributed by atoms with Gasteiger partial charge in [0.2, 0.25) is 0 Å². The van der Waals surface area contributed by atoms with Gasteiger partial charge in [0.1, 0.15) is 0 Å². The zero-order chi connectivity index (χ0) is 12.3. The summed E-state index contributed by atoms with van der Waals surface area (Å²) in [5.74, 6) is 0. The van der Waals surface area contributed by atoms with Crippen molar-refractivity contribution in [1.29, 1.82) is 0 Å². The molecule has 0 aliphatic heterocycles. The van der Waals surface area contributed by atoms with Gasteiger partial charge in [-0.05, 0) is 31.7 Å². The van der Waals surface area contributed by atoms with Gasteiger partial charge in [-0.3, -0.25) is 4.90 Å². The Kier molecular flexibility index (Phi) is 3.85. The number of nitrogens with zero attached hydrogens (tertiary/aromatic N) is 1. The molecule has 94 valence electrons. The van der Waals surface area contributed by atoms with E-state index in [0.29, 0.717) is 0 Å². The van der Waals surface area contributed by atoms with E-state index in [0.717, 1.165) is 25.6 Å². The minimum Gasteiger partial charge on any atom is -0.324 e. The van der Waals surface area contributed by atoms with Crippen molar-refractivity contribution in [2.24, 2.45) is 5.73 Å². The van der Waals surface area contributed by atoms with Crippen molar-refractivity contribution in [3.8, 4) is 0 Å². The molecule has 1 aromatic carbocycles. The van der Waals surface area contributed by atoms with Crippen LogP contribution in [-0.2, 0) is 6.54 Å². The monoisotopic (exact) mass is 232 g/mol. The first-order valence-electron chi connectivity index (χ1n) is 6.67. The fraction of sp³-hybridized carbons (Fsp3) is 0.600. The summed E-state index contributed by atoms with van der Waals surface area (Å²) in [6, 6.07) is 11.5. The molecule has 0 radical (unpaired) electrons. The summed E-state index contributed by atoms with van der Waals surface area (Å²) in [6.07, 6.45) is 3.71. The van der Waals surface area contributed by atoms with E-state index in [-0.39, 0.29) is 5.54 Å². The second kappa shape index (κ2) is 5.19. The van der Waals surface area contributed by atoms with E-state index in [9.17, 15) is 0 Å². The molecule has 17 heavy (non-hydrogen) atoms. The molecule has 1 atom stereocenters. The molecular weight excluding hydrogens is 208 g/mol. The van der Waals surface area contributed by atoms with E-state index in [4.69, 9.17) is 5.73 Å². The van der Waals surface area contributed by atoms with Crippen LogP contribution < -0.4 is 5.73 Å². The summed E-state index contributed by atoms with van der Waals surface area (Å²) in [5, 5.41) is 0. The zero-order valence-electron chi connectivity index (χ0n) is 11.0. The second-order valence-corrected chi connectivity index (χ2v) is 5.63. The molecule has 0 saturated heterocycles. The topological polar surface area (TPSA) is 29.3 Å². The van der Waals surface area contributed by atoms with Gasteiger partial charge < -0.3 is 5.73 Å². The molecule has 0 aromatic heterocycles. The van der Waals surface area contributed by atoms with Crippen LogP contribution in [0.4, 0.5) is 0 Å². The maximum absolute atomic E-state index is 6.29. The molecule has 2 heteroatoms. The minimum absolute atomic E-state index is 0.0582. The third-order valence-electron chi connectivity index (χ3n) is 3.66. The molecule has 0 bridgehead atoms. The van der Waals surface area contributed by atoms with Crippen LogP contribution in [0.3, 0.4) is 0 Å². The van der Waals surface area contributed by atoms with Crippen molar-refractivity contribution in [1.82, 2.24) is 4.90 Å². The first-order chi connectivity index (χ1) is 8.11. The Morgan fingerprint density at radius 1 is 1.29 bits per heavy atom. The third kappa shape index (κ3) is 3.83. The molecule has 0 amide bonds. The average molecular weight is 232 g/mol. The summed E-state index contributed by atoms with van der Waals surface area (Å²) in [7, 11) is 0. The molecule has 2 rings (SSSR count). The quantitative estimate of drug-likeness (QED) is 0.817. The van der Waals surface area contributed by atoms with Gasteiger partial charge in [-0.15, -0.1) is 0 Å². The highest BCUT2D eigenvalue weighted by Gasteiger charge is 2.32. The molecule has 1 aliphatic rings. The molecule has 1 aromatic rings. The molecule has 0 heterocycles. The van der Waals surface area contributed by atoms with Gasteiger partial charge in [0.25, 0.3) is 0 Å². The lowest BCUT2D eigenvalue weighted by molar-refractivity contribution is 0.196. The van der Waals surface area contributed by atoms with E-state index in [2.05, 4.69) is 49.1 Å². The van der Waals surface area contributed by atoms with E-state index in [1.807, 2.05) is 0 Å². The number of hydrogen-bond acceptors (Lipinski definition) is 2. The zero-order valence-corrected chi connectivity index (χ0v) is 11.0. The molecule has 0 spiro atoms. The third-order valence-corrected chi connectivity index (χ3v) is 3.66. The number of hydrogen-bond donors (Lipinski definition) is 1. The van der Waals surface area contributed by atoms with Crippen LogP contribution in [0.5, 0.6) is 0 Å². The fourth-order valence-electron chi connectivity index (χ4n) is 2.15. The SMILES string of the molecule is CCC(C)(N)CN(Cc1ccccc1)C1CC1. The normalized spacial score (nSPS) is 19.3. The lowest BCUT2D eigenvalue weighted by Crippen LogP contribution is -2.47.